The molecule has 0 heterocycles. The fourth-order valence-corrected chi connectivity index (χ4v) is 1.97. The van der Waals surface area contributed by atoms with Gasteiger partial charge in [-0.2, -0.15) is 0 Å². The third-order valence-electron chi connectivity index (χ3n) is 2.74. The predicted molar refractivity (Wildman–Crippen MR) is 76.7 cm³/mol. The fraction of sp³-hybridized carbons (Fsp3) is 0.438. The highest BCUT2D eigenvalue weighted by atomic mass is 19.1. The zero-order valence-electron chi connectivity index (χ0n) is 12.0. The molecule has 3 nitrogen and oxygen atoms in total. The van der Waals surface area contributed by atoms with Gasteiger partial charge in [0.25, 0.3) is 5.91 Å². The Balaban J connectivity index is 2.77. The number of carbonyl (C=O) groups excluding carboxylic acids is 1. The van der Waals surface area contributed by atoms with E-state index in [4.69, 9.17) is 5.11 Å². The number of rotatable bonds is 4. The van der Waals surface area contributed by atoms with E-state index in [-0.39, 0.29) is 29.7 Å². The minimum atomic E-state index is -0.560. The van der Waals surface area contributed by atoms with E-state index in [9.17, 15) is 9.18 Å². The summed E-state index contributed by atoms with van der Waals surface area (Å²) in [4.78, 5) is 12.0. The van der Waals surface area contributed by atoms with Crippen LogP contribution in [0.4, 0.5) is 4.39 Å². The molecule has 0 aliphatic carbocycles. The lowest BCUT2D eigenvalue weighted by Gasteiger charge is -2.16. The molecule has 0 radical (unpaired) electrons. The molecule has 4 heteroatoms. The number of hydrogen-bond donors (Lipinski definition) is 2. The highest BCUT2D eigenvalue weighted by molar-refractivity contribution is 5.94. The monoisotopic (exact) mass is 277 g/mol. The number of hydrogen-bond acceptors (Lipinski definition) is 2. The van der Waals surface area contributed by atoms with E-state index in [1.807, 2.05) is 6.92 Å². The molecule has 1 unspecified atom stereocenters. The van der Waals surface area contributed by atoms with Crippen molar-refractivity contribution in [3.05, 3.63) is 35.1 Å². The highest BCUT2D eigenvalue weighted by Gasteiger charge is 2.12. The quantitative estimate of drug-likeness (QED) is 0.830. The van der Waals surface area contributed by atoms with Crippen LogP contribution in [-0.4, -0.2) is 23.7 Å². The minimum absolute atomic E-state index is 0.0411. The molecule has 0 saturated heterocycles. The summed E-state index contributed by atoms with van der Waals surface area (Å²) in [6, 6.07) is 4.18. The van der Waals surface area contributed by atoms with Crippen molar-refractivity contribution >= 4 is 5.91 Å². The van der Waals surface area contributed by atoms with E-state index in [0.717, 1.165) is 6.42 Å². The molecule has 1 amide bonds. The normalized spacial score (nSPS) is 11.7. The SMILES string of the molecule is CC(C)CC(C)NC(=O)c1ccc(C#CCO)c(F)c1. The Kier molecular flexibility index (Phi) is 6.20. The Labute approximate surface area is 119 Å². The maximum Gasteiger partial charge on any atom is 0.251 e. The Hall–Kier alpha value is -1.86. The Bertz CT molecular complexity index is 529. The number of aliphatic hydroxyl groups is 1. The van der Waals surface area contributed by atoms with Crippen LogP contribution in [0.1, 0.15) is 43.1 Å². The number of aliphatic hydroxyl groups excluding tert-OH is 1. The topological polar surface area (TPSA) is 49.3 Å². The van der Waals surface area contributed by atoms with Crippen LogP contribution in [0.15, 0.2) is 18.2 Å². The number of nitrogens with one attached hydrogen (secondary N) is 1. The third-order valence-corrected chi connectivity index (χ3v) is 2.74. The van der Waals surface area contributed by atoms with Gasteiger partial charge in [0.15, 0.2) is 0 Å². The van der Waals surface area contributed by atoms with Gasteiger partial charge in [0.05, 0.1) is 5.56 Å². The van der Waals surface area contributed by atoms with Crippen LogP contribution >= 0.6 is 0 Å². The number of amides is 1. The molecule has 20 heavy (non-hydrogen) atoms. The average Bonchev–Trinajstić information content (AvgIpc) is 2.36. The zero-order chi connectivity index (χ0) is 15.1. The van der Waals surface area contributed by atoms with Crippen LogP contribution in [0.2, 0.25) is 0 Å². The largest absolute Gasteiger partial charge is 0.384 e. The van der Waals surface area contributed by atoms with E-state index in [0.29, 0.717) is 5.92 Å². The summed E-state index contributed by atoms with van der Waals surface area (Å²) >= 11 is 0. The summed E-state index contributed by atoms with van der Waals surface area (Å²) < 4.78 is 13.7. The Morgan fingerprint density at radius 1 is 1.40 bits per heavy atom. The van der Waals surface area contributed by atoms with Gasteiger partial charge in [-0.25, -0.2) is 4.39 Å². The number of carbonyl (C=O) groups is 1. The molecule has 0 bridgehead atoms. The van der Waals surface area contributed by atoms with Gasteiger partial charge in [-0.3, -0.25) is 4.79 Å². The lowest BCUT2D eigenvalue weighted by atomic mass is 10.0. The van der Waals surface area contributed by atoms with Crippen molar-refractivity contribution in [1.82, 2.24) is 5.32 Å². The lowest BCUT2D eigenvalue weighted by molar-refractivity contribution is 0.0935. The van der Waals surface area contributed by atoms with Gasteiger partial charge < -0.3 is 10.4 Å². The maximum absolute atomic E-state index is 13.7. The predicted octanol–water partition coefficient (Wildman–Crippen LogP) is 2.33. The first-order chi connectivity index (χ1) is 9.43. The highest BCUT2D eigenvalue weighted by Crippen LogP contribution is 2.11. The van der Waals surface area contributed by atoms with Crippen LogP contribution in [0.3, 0.4) is 0 Å². The second-order valence-electron chi connectivity index (χ2n) is 5.16. The van der Waals surface area contributed by atoms with Gasteiger partial charge in [-0.05, 0) is 37.5 Å². The molecule has 0 aliphatic rings. The van der Waals surface area contributed by atoms with Crippen LogP contribution in [0.5, 0.6) is 0 Å². The van der Waals surface area contributed by atoms with E-state index in [1.54, 1.807) is 0 Å². The Morgan fingerprint density at radius 2 is 2.10 bits per heavy atom. The van der Waals surface area contributed by atoms with Crippen molar-refractivity contribution in [2.45, 2.75) is 33.2 Å². The summed E-state index contributed by atoms with van der Waals surface area (Å²) in [7, 11) is 0. The lowest BCUT2D eigenvalue weighted by Crippen LogP contribution is -2.33. The number of halogens is 1. The molecule has 0 fully saturated rings. The molecular formula is C16H20FNO2. The van der Waals surface area contributed by atoms with E-state index in [1.165, 1.54) is 18.2 Å². The molecule has 0 saturated carbocycles. The van der Waals surface area contributed by atoms with Crippen LogP contribution < -0.4 is 5.32 Å². The van der Waals surface area contributed by atoms with Crippen LogP contribution in [0, 0.1) is 23.6 Å². The summed E-state index contributed by atoms with van der Waals surface area (Å²) in [6.45, 7) is 5.76. The van der Waals surface area contributed by atoms with Crippen molar-refractivity contribution in [3.63, 3.8) is 0 Å². The maximum atomic E-state index is 13.7. The van der Waals surface area contributed by atoms with Gasteiger partial charge in [-0.1, -0.05) is 25.7 Å². The molecular weight excluding hydrogens is 257 g/mol. The van der Waals surface area contributed by atoms with Crippen LogP contribution in [-0.2, 0) is 0 Å². The second-order valence-corrected chi connectivity index (χ2v) is 5.16. The third kappa shape index (κ3) is 5.02. The second kappa shape index (κ2) is 7.66. The first-order valence-electron chi connectivity index (χ1n) is 6.64. The van der Waals surface area contributed by atoms with Crippen molar-refractivity contribution < 1.29 is 14.3 Å². The molecule has 1 rings (SSSR count). The van der Waals surface area contributed by atoms with Crippen molar-refractivity contribution in [3.8, 4) is 11.8 Å². The van der Waals surface area contributed by atoms with Gasteiger partial charge in [-0.15, -0.1) is 0 Å². The first-order valence-corrected chi connectivity index (χ1v) is 6.64. The van der Waals surface area contributed by atoms with Crippen molar-refractivity contribution in [2.75, 3.05) is 6.61 Å². The van der Waals surface area contributed by atoms with E-state index < -0.39 is 5.82 Å². The van der Waals surface area contributed by atoms with Gasteiger partial charge in [0.1, 0.15) is 12.4 Å². The summed E-state index contributed by atoms with van der Waals surface area (Å²) in [5.74, 6) is 4.49. The molecule has 1 atom stereocenters. The Morgan fingerprint density at radius 3 is 2.65 bits per heavy atom. The fourth-order valence-electron chi connectivity index (χ4n) is 1.97. The summed E-state index contributed by atoms with van der Waals surface area (Å²) in [6.07, 6.45) is 0.869. The zero-order valence-corrected chi connectivity index (χ0v) is 12.0. The molecule has 1 aromatic carbocycles. The molecule has 2 N–H and O–H groups in total. The van der Waals surface area contributed by atoms with Crippen molar-refractivity contribution in [1.29, 1.82) is 0 Å². The van der Waals surface area contributed by atoms with Crippen molar-refractivity contribution in [2.24, 2.45) is 5.92 Å². The van der Waals surface area contributed by atoms with Crippen LogP contribution in [0.25, 0.3) is 0 Å². The molecule has 108 valence electrons. The molecule has 0 spiro atoms. The van der Waals surface area contributed by atoms with Gasteiger partial charge in [0.2, 0.25) is 0 Å². The van der Waals surface area contributed by atoms with Gasteiger partial charge in [0, 0.05) is 11.6 Å². The van der Waals surface area contributed by atoms with Gasteiger partial charge >= 0.3 is 0 Å². The minimum Gasteiger partial charge on any atom is -0.384 e. The average molecular weight is 277 g/mol. The molecule has 0 aromatic heterocycles. The molecule has 0 aliphatic heterocycles. The molecule has 1 aromatic rings. The summed E-state index contributed by atoms with van der Waals surface area (Å²) in [5, 5.41) is 11.4. The van der Waals surface area contributed by atoms with E-state index in [2.05, 4.69) is 31.0 Å². The smallest absolute Gasteiger partial charge is 0.251 e. The standard InChI is InChI=1S/C16H20FNO2/c1-11(2)9-12(3)18-16(20)14-7-6-13(5-4-8-19)15(17)10-14/h6-7,10-12,19H,8-9H2,1-3H3,(H,18,20). The van der Waals surface area contributed by atoms with E-state index >= 15 is 0 Å². The summed E-state index contributed by atoms with van der Waals surface area (Å²) in [5.41, 5.74) is 0.443. The first kappa shape index (κ1) is 16.2. The number of benzene rings is 1.